The topological polar surface area (TPSA) is 66.9 Å². The summed E-state index contributed by atoms with van der Waals surface area (Å²) in [5, 5.41) is 3.91. The van der Waals surface area contributed by atoms with E-state index in [0.29, 0.717) is 51.6 Å². The highest BCUT2D eigenvalue weighted by molar-refractivity contribution is 6.11. The molecule has 7 nitrogen and oxygen atoms in total. The Morgan fingerprint density at radius 2 is 1.70 bits per heavy atom. The van der Waals surface area contributed by atoms with Crippen molar-refractivity contribution in [2.24, 2.45) is 0 Å². The molecule has 47 heavy (non-hydrogen) atoms. The van der Waals surface area contributed by atoms with Crippen LogP contribution in [0.1, 0.15) is 52.7 Å². The molecule has 246 valence electrons. The minimum atomic E-state index is -4.52. The first-order valence-electron chi connectivity index (χ1n) is 16.4. The van der Waals surface area contributed by atoms with E-state index in [1.807, 2.05) is 30.3 Å². The minimum absolute atomic E-state index is 0.283. The van der Waals surface area contributed by atoms with Crippen LogP contribution >= 0.6 is 0 Å². The van der Waals surface area contributed by atoms with Crippen molar-refractivity contribution in [3.05, 3.63) is 95.1 Å². The quantitative estimate of drug-likeness (QED) is 0.232. The van der Waals surface area contributed by atoms with Gasteiger partial charge in [0.15, 0.2) is 0 Å². The normalized spacial score (nSPS) is 19.1. The standard InChI is InChI=1S/C37H39F3N4O3/c1-46-31-12-6-11-30-33(31)32(35(45)42-36(15-16-36)26-8-3-2-4-9-26)29(34(41-30)25-7-5-10-27(23-25)37(38,39)40)24-43-17-13-28(14-18-43)44-19-21-47-22-20-44/h2-12,23,28H,13-22,24H2,1H3,(H,42,45). The summed E-state index contributed by atoms with van der Waals surface area (Å²) in [6, 6.07) is 21.0. The molecule has 4 aromatic rings. The molecular weight excluding hydrogens is 605 g/mol. The second kappa shape index (κ2) is 12.9. The number of fused-ring (bicyclic) bond motifs is 1. The zero-order chi connectivity index (χ0) is 32.6. The van der Waals surface area contributed by atoms with Crippen LogP contribution in [0.3, 0.4) is 0 Å². The second-order valence-corrected chi connectivity index (χ2v) is 12.8. The van der Waals surface area contributed by atoms with Crippen LogP contribution in [0.4, 0.5) is 13.2 Å². The lowest BCUT2D eigenvalue weighted by Gasteiger charge is -2.40. The van der Waals surface area contributed by atoms with E-state index in [2.05, 4.69) is 15.1 Å². The molecule has 1 aliphatic carbocycles. The summed E-state index contributed by atoms with van der Waals surface area (Å²) in [5.41, 5.74) is 1.96. The van der Waals surface area contributed by atoms with E-state index in [-0.39, 0.29) is 5.91 Å². The molecule has 0 radical (unpaired) electrons. The number of pyridine rings is 1. The van der Waals surface area contributed by atoms with E-state index in [1.54, 1.807) is 31.4 Å². The van der Waals surface area contributed by atoms with Gasteiger partial charge in [-0.1, -0.05) is 48.5 Å². The van der Waals surface area contributed by atoms with Gasteiger partial charge in [-0.25, -0.2) is 4.98 Å². The monoisotopic (exact) mass is 644 g/mol. The van der Waals surface area contributed by atoms with Crippen LogP contribution < -0.4 is 10.1 Å². The molecule has 1 amide bonds. The molecule has 3 fully saturated rings. The van der Waals surface area contributed by atoms with Gasteiger partial charge in [-0.05, 0) is 68.6 Å². The van der Waals surface area contributed by atoms with E-state index >= 15 is 0 Å². The number of hydrogen-bond donors (Lipinski definition) is 1. The van der Waals surface area contributed by atoms with Crippen LogP contribution in [-0.2, 0) is 23.0 Å². The minimum Gasteiger partial charge on any atom is -0.496 e. The molecule has 3 aliphatic rings. The Morgan fingerprint density at radius 3 is 2.38 bits per heavy atom. The van der Waals surface area contributed by atoms with Crippen LogP contribution in [0, 0.1) is 0 Å². The summed E-state index contributed by atoms with van der Waals surface area (Å²) in [7, 11) is 1.56. The number of alkyl halides is 3. The average Bonchev–Trinajstić information content (AvgIpc) is 3.89. The third kappa shape index (κ3) is 6.46. The van der Waals surface area contributed by atoms with E-state index in [1.165, 1.54) is 6.07 Å². The van der Waals surface area contributed by atoms with E-state index in [9.17, 15) is 18.0 Å². The first-order chi connectivity index (χ1) is 22.8. The molecule has 2 aliphatic heterocycles. The van der Waals surface area contributed by atoms with Gasteiger partial charge >= 0.3 is 6.18 Å². The Hall–Kier alpha value is -3.99. The van der Waals surface area contributed by atoms with Crippen LogP contribution in [0.2, 0.25) is 0 Å². The Bertz CT molecular complexity index is 1750. The van der Waals surface area contributed by atoms with Gasteiger partial charge in [0, 0.05) is 36.8 Å². The lowest BCUT2D eigenvalue weighted by atomic mass is 9.93. The van der Waals surface area contributed by atoms with Crippen LogP contribution in [0.25, 0.3) is 22.2 Å². The Kier molecular flexibility index (Phi) is 8.67. The molecule has 3 heterocycles. The maximum Gasteiger partial charge on any atom is 0.416 e. The third-order valence-corrected chi connectivity index (χ3v) is 9.91. The number of nitrogens with one attached hydrogen (secondary N) is 1. The molecule has 7 rings (SSSR count). The lowest BCUT2D eigenvalue weighted by molar-refractivity contribution is -0.137. The number of amides is 1. The van der Waals surface area contributed by atoms with Crippen molar-refractivity contribution in [2.45, 2.75) is 50.0 Å². The number of ether oxygens (including phenoxy) is 2. The van der Waals surface area contributed by atoms with Gasteiger partial charge in [-0.3, -0.25) is 14.6 Å². The zero-order valence-corrected chi connectivity index (χ0v) is 26.5. The van der Waals surface area contributed by atoms with Crippen molar-refractivity contribution in [1.29, 1.82) is 0 Å². The largest absolute Gasteiger partial charge is 0.496 e. The van der Waals surface area contributed by atoms with Crippen LogP contribution in [0.5, 0.6) is 5.75 Å². The fraction of sp³-hybridized carbons (Fsp3) is 0.405. The summed E-state index contributed by atoms with van der Waals surface area (Å²) >= 11 is 0. The summed E-state index contributed by atoms with van der Waals surface area (Å²) in [5.74, 6) is 0.210. The van der Waals surface area contributed by atoms with Gasteiger partial charge in [-0.2, -0.15) is 13.2 Å². The van der Waals surface area contributed by atoms with Gasteiger partial charge in [-0.15, -0.1) is 0 Å². The number of aromatic nitrogens is 1. The zero-order valence-electron chi connectivity index (χ0n) is 26.5. The predicted molar refractivity (Wildman–Crippen MR) is 174 cm³/mol. The van der Waals surface area contributed by atoms with Crippen molar-refractivity contribution < 1.29 is 27.4 Å². The fourth-order valence-corrected chi connectivity index (χ4v) is 7.23. The number of hydrogen-bond acceptors (Lipinski definition) is 6. The summed E-state index contributed by atoms with van der Waals surface area (Å²) in [4.78, 5) is 24.4. The number of morpholine rings is 1. The summed E-state index contributed by atoms with van der Waals surface area (Å²) < 4.78 is 53.2. The molecule has 3 aromatic carbocycles. The SMILES string of the molecule is COc1cccc2nc(-c3cccc(C(F)(F)F)c3)c(CN3CCC(N4CCOCC4)CC3)c(C(=O)NC3(c4ccccc4)CC3)c12. The molecule has 1 N–H and O–H groups in total. The molecule has 0 spiro atoms. The van der Waals surface area contributed by atoms with Crippen molar-refractivity contribution in [3.8, 4) is 17.0 Å². The van der Waals surface area contributed by atoms with Gasteiger partial charge in [0.25, 0.3) is 5.91 Å². The number of likely N-dealkylation sites (tertiary alicyclic amines) is 1. The lowest BCUT2D eigenvalue weighted by Crippen LogP contribution is -2.48. The molecule has 10 heteroatoms. The number of carbonyl (C=O) groups is 1. The number of rotatable bonds is 8. The number of piperidine rings is 1. The van der Waals surface area contributed by atoms with Gasteiger partial charge in [0.1, 0.15) is 5.75 Å². The molecule has 0 unspecified atom stereocenters. The maximum atomic E-state index is 14.7. The highest BCUT2D eigenvalue weighted by atomic mass is 19.4. The fourth-order valence-electron chi connectivity index (χ4n) is 7.23. The van der Waals surface area contributed by atoms with Gasteiger partial charge < -0.3 is 14.8 Å². The van der Waals surface area contributed by atoms with Gasteiger partial charge in [0.2, 0.25) is 0 Å². The maximum absolute atomic E-state index is 14.7. The molecule has 0 atom stereocenters. The predicted octanol–water partition coefficient (Wildman–Crippen LogP) is 6.64. The number of nitrogens with zero attached hydrogens (tertiary/aromatic N) is 3. The number of methoxy groups -OCH3 is 1. The van der Waals surface area contributed by atoms with E-state index in [4.69, 9.17) is 14.5 Å². The van der Waals surface area contributed by atoms with Crippen molar-refractivity contribution in [3.63, 3.8) is 0 Å². The molecule has 2 saturated heterocycles. The number of carbonyl (C=O) groups excluding carboxylic acids is 1. The molecule has 1 aromatic heterocycles. The van der Waals surface area contributed by atoms with E-state index in [0.717, 1.165) is 82.8 Å². The number of benzene rings is 3. The molecule has 1 saturated carbocycles. The third-order valence-electron chi connectivity index (χ3n) is 9.91. The van der Waals surface area contributed by atoms with Gasteiger partial charge in [0.05, 0.1) is 53.6 Å². The smallest absolute Gasteiger partial charge is 0.416 e. The van der Waals surface area contributed by atoms with Crippen LogP contribution in [-0.4, -0.2) is 73.2 Å². The molecule has 0 bridgehead atoms. The number of halogens is 3. The Balaban J connectivity index is 1.34. The van der Waals surface area contributed by atoms with Crippen LogP contribution in [0.15, 0.2) is 72.8 Å². The Morgan fingerprint density at radius 1 is 0.979 bits per heavy atom. The van der Waals surface area contributed by atoms with E-state index < -0.39 is 17.3 Å². The van der Waals surface area contributed by atoms with Crippen molar-refractivity contribution in [1.82, 2.24) is 20.1 Å². The molecular formula is C37H39F3N4O3. The van der Waals surface area contributed by atoms with Crippen molar-refractivity contribution in [2.75, 3.05) is 46.5 Å². The Labute approximate surface area is 272 Å². The average molecular weight is 645 g/mol. The van der Waals surface area contributed by atoms with Crippen molar-refractivity contribution >= 4 is 16.8 Å². The first-order valence-corrected chi connectivity index (χ1v) is 16.4. The highest BCUT2D eigenvalue weighted by Crippen LogP contribution is 2.46. The first kappa shape index (κ1) is 31.6. The summed E-state index contributed by atoms with van der Waals surface area (Å²) in [6.07, 6.45) is -1.00. The highest BCUT2D eigenvalue weighted by Gasteiger charge is 2.46. The second-order valence-electron chi connectivity index (χ2n) is 12.8. The summed E-state index contributed by atoms with van der Waals surface area (Å²) in [6.45, 7) is 5.29.